The van der Waals surface area contributed by atoms with E-state index in [1.165, 1.54) is 134 Å². The van der Waals surface area contributed by atoms with Gasteiger partial charge in [0.2, 0.25) is 0 Å². The zero-order valence-corrected chi connectivity index (χ0v) is 18.2. The van der Waals surface area contributed by atoms with E-state index in [1.54, 1.807) is 0 Å². The van der Waals surface area contributed by atoms with Gasteiger partial charge in [-0.05, 0) is 0 Å². The minimum atomic E-state index is 1.31. The monoisotopic (exact) mass is 384 g/mol. The first-order valence-corrected chi connectivity index (χ1v) is 12.4. The van der Waals surface area contributed by atoms with E-state index in [0.29, 0.717) is 0 Å². The first-order valence-electron chi connectivity index (χ1n) is 11.0. The van der Waals surface area contributed by atoms with Gasteiger partial charge in [-0.25, -0.2) is 0 Å². The molecule has 0 aliphatic rings. The van der Waals surface area contributed by atoms with Crippen LogP contribution in [0.2, 0.25) is 5.21 Å². The summed E-state index contributed by atoms with van der Waals surface area (Å²) in [7, 11) is 0. The summed E-state index contributed by atoms with van der Waals surface area (Å²) in [6, 6.07) is 0. The summed E-state index contributed by atoms with van der Waals surface area (Å²) >= 11 is 2.70. The van der Waals surface area contributed by atoms with Crippen molar-refractivity contribution in [2.75, 3.05) is 0 Å². The van der Waals surface area contributed by atoms with Crippen molar-refractivity contribution in [2.45, 2.75) is 141 Å². The third-order valence-electron chi connectivity index (χ3n) is 5.01. The molecule has 0 N–H and O–H groups in total. The van der Waals surface area contributed by atoms with Crippen LogP contribution in [0.3, 0.4) is 0 Å². The Balaban J connectivity index is 2.92. The van der Waals surface area contributed by atoms with Crippen LogP contribution in [-0.2, 0) is 0 Å². The van der Waals surface area contributed by atoms with E-state index < -0.39 is 0 Å². The van der Waals surface area contributed by atoms with Gasteiger partial charge in [-0.1, -0.05) is 64.7 Å². The van der Waals surface area contributed by atoms with Gasteiger partial charge in [0, 0.05) is 0 Å². The Kier molecular flexibility index (Phi) is 23.1. The van der Waals surface area contributed by atoms with Gasteiger partial charge in [-0.2, -0.15) is 0 Å². The van der Waals surface area contributed by atoms with Gasteiger partial charge in [0.25, 0.3) is 0 Å². The Morgan fingerprint density at radius 3 is 0.783 bits per heavy atom. The first kappa shape index (κ1) is 23.6. The summed E-state index contributed by atoms with van der Waals surface area (Å²) in [6.45, 7) is 2.30. The van der Waals surface area contributed by atoms with E-state index in [-0.39, 0.29) is 0 Å². The normalized spacial score (nSPS) is 11.2. The second kappa shape index (κ2) is 22.6. The zero-order valence-electron chi connectivity index (χ0n) is 16.3. The van der Waals surface area contributed by atoms with Crippen molar-refractivity contribution in [3.8, 4) is 0 Å². The van der Waals surface area contributed by atoms with Gasteiger partial charge in [-0.15, -0.1) is 0 Å². The summed E-state index contributed by atoms with van der Waals surface area (Å²) in [6.07, 6.45) is 29.4. The number of hydrogen-bond donors (Lipinski definition) is 0. The molecule has 1 heteroatoms. The van der Waals surface area contributed by atoms with Crippen molar-refractivity contribution in [1.29, 1.82) is 0 Å². The summed E-state index contributed by atoms with van der Waals surface area (Å²) in [5.74, 6) is 0. The van der Waals surface area contributed by atoms with Crippen molar-refractivity contribution in [3.05, 3.63) is 0 Å². The molecule has 0 bridgehead atoms. The average Bonchev–Trinajstić information content (AvgIpc) is 2.57. The molecule has 0 saturated heterocycles. The average molecular weight is 385 g/mol. The topological polar surface area (TPSA) is 0 Å². The molecule has 0 aromatic rings. The molecule has 0 amide bonds. The van der Waals surface area contributed by atoms with E-state index in [0.717, 1.165) is 0 Å². The zero-order chi connectivity index (χ0) is 16.8. The standard InChI is InChI=1S/C22H45As/c1-2-3-4-5-6-7-8-9-10-11-12-13-14-15-16-17-18-19-20-21-22-23/h2-22H2,1H3. The quantitative estimate of drug-likeness (QED) is 0.146. The van der Waals surface area contributed by atoms with Gasteiger partial charge >= 0.3 is 92.7 Å². The van der Waals surface area contributed by atoms with Crippen LogP contribution in [0.1, 0.15) is 135 Å². The second-order valence-corrected chi connectivity index (χ2v) is 8.38. The molecule has 0 unspecified atom stereocenters. The van der Waals surface area contributed by atoms with Crippen LogP contribution in [0.15, 0.2) is 0 Å². The molecule has 0 aliphatic heterocycles. The second-order valence-electron chi connectivity index (χ2n) is 7.44. The molecule has 0 spiro atoms. The molecule has 0 aliphatic carbocycles. The maximum absolute atomic E-state index is 2.70. The summed E-state index contributed by atoms with van der Waals surface area (Å²) in [5.41, 5.74) is 0. The number of rotatable bonds is 20. The minimum absolute atomic E-state index is 1.31. The van der Waals surface area contributed by atoms with Crippen LogP contribution in [0, 0.1) is 0 Å². The molecule has 2 radical (unpaired) electrons. The number of unbranched alkanes of at least 4 members (excludes halogenated alkanes) is 19. The SMILES string of the molecule is CCCCCCCCCCCCCCCCCCCCCC[As]. The van der Waals surface area contributed by atoms with Crippen LogP contribution in [-0.4, -0.2) is 16.9 Å². The molecule has 138 valence electrons. The molecule has 0 atom stereocenters. The Labute approximate surface area is 157 Å². The fraction of sp³-hybridized carbons (Fsp3) is 1.00. The van der Waals surface area contributed by atoms with Gasteiger partial charge in [-0.3, -0.25) is 0 Å². The Morgan fingerprint density at radius 2 is 0.565 bits per heavy atom. The van der Waals surface area contributed by atoms with Crippen molar-refractivity contribution >= 4 is 16.9 Å². The van der Waals surface area contributed by atoms with E-state index in [4.69, 9.17) is 0 Å². The molecule has 0 saturated carbocycles. The fourth-order valence-electron chi connectivity index (χ4n) is 3.37. The van der Waals surface area contributed by atoms with Gasteiger partial charge in [0.1, 0.15) is 0 Å². The van der Waals surface area contributed by atoms with Crippen LogP contribution in [0.4, 0.5) is 0 Å². The Morgan fingerprint density at radius 1 is 0.348 bits per heavy atom. The predicted molar refractivity (Wildman–Crippen MR) is 109 cm³/mol. The fourth-order valence-corrected chi connectivity index (χ4v) is 3.84. The predicted octanol–water partition coefficient (Wildman–Crippen LogP) is 8.40. The molecule has 0 aromatic heterocycles. The summed E-state index contributed by atoms with van der Waals surface area (Å²) < 4.78 is 0. The molecular formula is C22H45As. The van der Waals surface area contributed by atoms with E-state index in [9.17, 15) is 0 Å². The summed E-state index contributed by atoms with van der Waals surface area (Å²) in [5, 5.41) is 1.31. The van der Waals surface area contributed by atoms with Crippen LogP contribution in [0.5, 0.6) is 0 Å². The van der Waals surface area contributed by atoms with Crippen molar-refractivity contribution in [1.82, 2.24) is 0 Å². The van der Waals surface area contributed by atoms with Gasteiger partial charge in [0.15, 0.2) is 0 Å². The van der Waals surface area contributed by atoms with Crippen molar-refractivity contribution < 1.29 is 0 Å². The third kappa shape index (κ3) is 22.6. The molecule has 23 heavy (non-hydrogen) atoms. The molecular weight excluding hydrogens is 339 g/mol. The van der Waals surface area contributed by atoms with Crippen LogP contribution in [0.25, 0.3) is 0 Å². The number of hydrogen-bond acceptors (Lipinski definition) is 0. The Bertz CT molecular complexity index is 170. The van der Waals surface area contributed by atoms with Crippen LogP contribution < -0.4 is 0 Å². The van der Waals surface area contributed by atoms with Crippen molar-refractivity contribution in [2.24, 2.45) is 0 Å². The van der Waals surface area contributed by atoms with Crippen molar-refractivity contribution in [3.63, 3.8) is 0 Å². The van der Waals surface area contributed by atoms with Gasteiger partial charge in [0.05, 0.1) is 0 Å². The molecule has 0 rings (SSSR count). The van der Waals surface area contributed by atoms with E-state index in [1.807, 2.05) is 0 Å². The summed E-state index contributed by atoms with van der Waals surface area (Å²) in [4.78, 5) is 0. The molecule has 0 nitrogen and oxygen atoms in total. The molecule has 0 heterocycles. The Hall–Kier alpha value is 0.558. The molecule has 0 fully saturated rings. The van der Waals surface area contributed by atoms with Crippen LogP contribution >= 0.6 is 0 Å². The first-order chi connectivity index (χ1) is 11.4. The molecule has 0 aromatic carbocycles. The maximum atomic E-state index is 2.70. The van der Waals surface area contributed by atoms with E-state index >= 15 is 0 Å². The van der Waals surface area contributed by atoms with Gasteiger partial charge < -0.3 is 0 Å². The van der Waals surface area contributed by atoms with E-state index in [2.05, 4.69) is 23.8 Å². The third-order valence-corrected chi connectivity index (χ3v) is 5.68.